The van der Waals surface area contributed by atoms with Crippen molar-refractivity contribution in [2.45, 2.75) is 13.2 Å². The van der Waals surface area contributed by atoms with Gasteiger partial charge in [-0.2, -0.15) is 0 Å². The second-order valence-electron chi connectivity index (χ2n) is 3.54. The third-order valence-corrected chi connectivity index (χ3v) is 2.45. The van der Waals surface area contributed by atoms with E-state index >= 15 is 0 Å². The third-order valence-electron chi connectivity index (χ3n) is 2.45. The van der Waals surface area contributed by atoms with Gasteiger partial charge >= 0.3 is 0 Å². The minimum Gasteiger partial charge on any atom is -0.450 e. The van der Waals surface area contributed by atoms with E-state index in [1.54, 1.807) is 0 Å². The third kappa shape index (κ3) is 1.28. The summed E-state index contributed by atoms with van der Waals surface area (Å²) in [5.41, 5.74) is 3.07. The molecule has 1 unspecified atom stereocenters. The highest BCUT2D eigenvalue weighted by atomic mass is 16.5. The van der Waals surface area contributed by atoms with Crippen molar-refractivity contribution in [3.05, 3.63) is 42.1 Å². The van der Waals surface area contributed by atoms with Crippen molar-refractivity contribution in [2.75, 3.05) is 0 Å². The Bertz CT molecular complexity index is 486. The average Bonchev–Trinajstić information content (AvgIpc) is 2.77. The summed E-state index contributed by atoms with van der Waals surface area (Å²) < 4.78 is 5.43. The first-order valence-electron chi connectivity index (χ1n) is 4.93. The molecule has 1 aromatic carbocycles. The van der Waals surface area contributed by atoms with Crippen LogP contribution < -0.4 is 0 Å². The van der Waals surface area contributed by atoms with E-state index in [1.165, 1.54) is 0 Å². The SMILES string of the molecule is CC1N=C2C(c3ccccc3)=CN=C2O1. The summed E-state index contributed by atoms with van der Waals surface area (Å²) in [4.78, 5) is 8.61. The fourth-order valence-electron chi connectivity index (χ4n) is 1.77. The monoisotopic (exact) mass is 198 g/mol. The Morgan fingerprint density at radius 2 is 2.00 bits per heavy atom. The van der Waals surface area contributed by atoms with Crippen LogP contribution in [0.4, 0.5) is 0 Å². The molecular weight excluding hydrogens is 188 g/mol. The Balaban J connectivity index is 2.02. The molecule has 3 rings (SSSR count). The summed E-state index contributed by atoms with van der Waals surface area (Å²) in [5, 5.41) is 0. The summed E-state index contributed by atoms with van der Waals surface area (Å²) in [6.07, 6.45) is 1.71. The van der Waals surface area contributed by atoms with Gasteiger partial charge in [0.25, 0.3) is 0 Å². The Kier molecular flexibility index (Phi) is 1.71. The van der Waals surface area contributed by atoms with Crippen LogP contribution in [0.2, 0.25) is 0 Å². The van der Waals surface area contributed by atoms with E-state index in [1.807, 2.05) is 31.3 Å². The van der Waals surface area contributed by atoms with E-state index in [4.69, 9.17) is 4.74 Å². The topological polar surface area (TPSA) is 34.0 Å². The van der Waals surface area contributed by atoms with Gasteiger partial charge in [0.2, 0.25) is 5.90 Å². The summed E-state index contributed by atoms with van der Waals surface area (Å²) in [6, 6.07) is 10.1. The van der Waals surface area contributed by atoms with Gasteiger partial charge < -0.3 is 4.74 Å². The zero-order valence-corrected chi connectivity index (χ0v) is 8.34. The van der Waals surface area contributed by atoms with Gasteiger partial charge in [-0.3, -0.25) is 0 Å². The number of ether oxygens (including phenoxy) is 1. The Morgan fingerprint density at radius 3 is 2.80 bits per heavy atom. The Hall–Kier alpha value is -1.90. The normalized spacial score (nSPS) is 22.7. The van der Waals surface area contributed by atoms with Gasteiger partial charge in [-0.1, -0.05) is 30.3 Å². The van der Waals surface area contributed by atoms with Crippen LogP contribution in [0, 0.1) is 0 Å². The number of aliphatic imine (C=N–C) groups is 2. The lowest BCUT2D eigenvalue weighted by molar-refractivity contribution is 0.238. The molecule has 0 spiro atoms. The van der Waals surface area contributed by atoms with Gasteiger partial charge in [0.1, 0.15) is 5.71 Å². The van der Waals surface area contributed by atoms with Crippen LogP contribution in [0.3, 0.4) is 0 Å². The first-order valence-corrected chi connectivity index (χ1v) is 4.93. The van der Waals surface area contributed by atoms with E-state index < -0.39 is 0 Å². The van der Waals surface area contributed by atoms with E-state index in [-0.39, 0.29) is 6.23 Å². The summed E-state index contributed by atoms with van der Waals surface area (Å²) >= 11 is 0. The first-order chi connectivity index (χ1) is 7.34. The maximum Gasteiger partial charge on any atom is 0.242 e. The van der Waals surface area contributed by atoms with E-state index in [2.05, 4.69) is 22.1 Å². The minimum absolute atomic E-state index is 0.105. The predicted octanol–water partition coefficient (Wildman–Crippen LogP) is 2.26. The fraction of sp³-hybridized carbons (Fsp3) is 0.167. The molecule has 0 N–H and O–H groups in total. The van der Waals surface area contributed by atoms with Crippen LogP contribution in [-0.4, -0.2) is 17.8 Å². The fourth-order valence-corrected chi connectivity index (χ4v) is 1.77. The highest BCUT2D eigenvalue weighted by molar-refractivity contribution is 6.58. The predicted molar refractivity (Wildman–Crippen MR) is 59.8 cm³/mol. The average molecular weight is 198 g/mol. The van der Waals surface area contributed by atoms with E-state index in [0.29, 0.717) is 5.90 Å². The number of rotatable bonds is 1. The molecule has 0 radical (unpaired) electrons. The zero-order chi connectivity index (χ0) is 10.3. The number of nitrogens with zero attached hydrogens (tertiary/aromatic N) is 2. The van der Waals surface area contributed by atoms with Gasteiger partial charge in [-0.15, -0.1) is 0 Å². The Morgan fingerprint density at radius 1 is 1.20 bits per heavy atom. The lowest BCUT2D eigenvalue weighted by atomic mass is 10.0. The quantitative estimate of drug-likeness (QED) is 0.681. The minimum atomic E-state index is -0.105. The van der Waals surface area contributed by atoms with Crippen LogP contribution in [0.5, 0.6) is 0 Å². The van der Waals surface area contributed by atoms with Crippen molar-refractivity contribution in [3.63, 3.8) is 0 Å². The first kappa shape index (κ1) is 8.41. The van der Waals surface area contributed by atoms with Gasteiger partial charge in [-0.25, -0.2) is 9.98 Å². The van der Waals surface area contributed by atoms with Gasteiger partial charge in [-0.05, 0) is 12.5 Å². The smallest absolute Gasteiger partial charge is 0.242 e. The van der Waals surface area contributed by atoms with Crippen LogP contribution in [0.25, 0.3) is 5.57 Å². The molecule has 0 saturated heterocycles. The summed E-state index contributed by atoms with van der Waals surface area (Å²) in [7, 11) is 0. The molecule has 1 aromatic rings. The van der Waals surface area contributed by atoms with E-state index in [9.17, 15) is 0 Å². The largest absolute Gasteiger partial charge is 0.450 e. The highest BCUT2D eigenvalue weighted by Gasteiger charge is 2.29. The molecule has 0 saturated carbocycles. The molecule has 0 fully saturated rings. The van der Waals surface area contributed by atoms with Crippen molar-refractivity contribution in [2.24, 2.45) is 9.98 Å². The number of fused-ring (bicyclic) bond motifs is 1. The molecule has 0 aromatic heterocycles. The molecule has 3 heteroatoms. The second kappa shape index (κ2) is 3.05. The van der Waals surface area contributed by atoms with Gasteiger partial charge in [0, 0.05) is 11.8 Å². The maximum atomic E-state index is 5.43. The molecule has 2 heterocycles. The molecule has 2 aliphatic rings. The number of benzene rings is 1. The van der Waals surface area contributed by atoms with Crippen molar-refractivity contribution in [3.8, 4) is 0 Å². The highest BCUT2D eigenvalue weighted by Crippen LogP contribution is 2.26. The summed E-state index contributed by atoms with van der Waals surface area (Å²) in [5.74, 6) is 0.654. The van der Waals surface area contributed by atoms with Gasteiger partial charge in [0.05, 0.1) is 0 Å². The second-order valence-corrected chi connectivity index (χ2v) is 3.54. The molecule has 0 aliphatic carbocycles. The summed E-state index contributed by atoms with van der Waals surface area (Å²) in [6.45, 7) is 1.91. The maximum absolute atomic E-state index is 5.43. The van der Waals surface area contributed by atoms with Crippen LogP contribution in [0.1, 0.15) is 12.5 Å². The van der Waals surface area contributed by atoms with Crippen LogP contribution in [0.15, 0.2) is 46.5 Å². The van der Waals surface area contributed by atoms with Gasteiger partial charge in [0.15, 0.2) is 6.23 Å². The zero-order valence-electron chi connectivity index (χ0n) is 8.34. The molecule has 3 nitrogen and oxygen atoms in total. The lowest BCUT2D eigenvalue weighted by Gasteiger charge is -2.00. The molecule has 0 amide bonds. The van der Waals surface area contributed by atoms with Crippen molar-refractivity contribution < 1.29 is 4.74 Å². The molecule has 15 heavy (non-hydrogen) atoms. The standard InChI is InChI=1S/C12H10N2O/c1-8-14-11-10(7-13-12(11)15-8)9-5-3-2-4-6-9/h2-8H,1H3. The van der Waals surface area contributed by atoms with Crippen LogP contribution >= 0.6 is 0 Å². The Labute approximate surface area is 87.8 Å². The molecule has 74 valence electrons. The lowest BCUT2D eigenvalue weighted by Crippen LogP contribution is -2.09. The van der Waals surface area contributed by atoms with Crippen molar-refractivity contribution in [1.29, 1.82) is 0 Å². The molecule has 2 aliphatic heterocycles. The molecule has 0 bridgehead atoms. The van der Waals surface area contributed by atoms with E-state index in [0.717, 1.165) is 16.8 Å². The molecule has 1 atom stereocenters. The number of hydrogen-bond donors (Lipinski definition) is 0. The van der Waals surface area contributed by atoms with Crippen LogP contribution in [-0.2, 0) is 4.74 Å². The van der Waals surface area contributed by atoms with Crippen molar-refractivity contribution in [1.82, 2.24) is 0 Å². The molecular formula is C12H10N2O. The number of hydrogen-bond acceptors (Lipinski definition) is 3. The van der Waals surface area contributed by atoms with Crippen molar-refractivity contribution >= 4 is 17.2 Å².